The lowest BCUT2D eigenvalue weighted by Gasteiger charge is -2.11. The molecule has 0 fully saturated rings. The second kappa shape index (κ2) is 10.4. The molecule has 3 aromatic carbocycles. The molecule has 0 bridgehead atoms. The summed E-state index contributed by atoms with van der Waals surface area (Å²) in [6.07, 6.45) is 0. The van der Waals surface area contributed by atoms with Crippen LogP contribution < -0.4 is 10.0 Å². The Morgan fingerprint density at radius 1 is 1.00 bits per heavy atom. The number of hydrogen-bond donors (Lipinski definition) is 2. The van der Waals surface area contributed by atoms with Crippen LogP contribution in [0.25, 0.3) is 0 Å². The van der Waals surface area contributed by atoms with Crippen molar-refractivity contribution in [2.24, 2.45) is 0 Å². The normalized spacial score (nSPS) is 11.2. The Morgan fingerprint density at radius 2 is 1.69 bits per heavy atom. The summed E-state index contributed by atoms with van der Waals surface area (Å²) in [6, 6.07) is 15.7. The number of carbonyl (C=O) groups excluding carboxylic acids is 1. The molecule has 0 saturated carbocycles. The largest absolute Gasteiger partial charge is 0.325 e. The third-order valence-electron chi connectivity index (χ3n) is 4.75. The van der Waals surface area contributed by atoms with E-state index in [0.29, 0.717) is 22.0 Å². The van der Waals surface area contributed by atoms with Gasteiger partial charge in [0, 0.05) is 27.7 Å². The standard InChI is InChI=1S/C23H22ClFN2O3S2/c1-15-6-7-18(12-16(15)2)27-32(29,30)19-10-8-17(9-11-19)26-23(28)14-31-13-20-21(24)4-3-5-22(20)25/h3-12,27H,13-14H2,1-2H3,(H,26,28). The van der Waals surface area contributed by atoms with E-state index in [1.54, 1.807) is 18.2 Å². The summed E-state index contributed by atoms with van der Waals surface area (Å²) in [5.41, 5.74) is 3.36. The molecule has 168 valence electrons. The number of anilines is 2. The summed E-state index contributed by atoms with van der Waals surface area (Å²) in [7, 11) is -3.76. The van der Waals surface area contributed by atoms with E-state index in [0.717, 1.165) is 11.1 Å². The highest BCUT2D eigenvalue weighted by atomic mass is 35.5. The Labute approximate surface area is 196 Å². The van der Waals surface area contributed by atoms with Gasteiger partial charge in [0.25, 0.3) is 10.0 Å². The van der Waals surface area contributed by atoms with Crippen LogP contribution in [0.4, 0.5) is 15.8 Å². The molecule has 3 rings (SSSR count). The summed E-state index contributed by atoms with van der Waals surface area (Å²) in [6.45, 7) is 3.86. The predicted octanol–water partition coefficient (Wildman–Crippen LogP) is 5.77. The maximum Gasteiger partial charge on any atom is 0.261 e. The van der Waals surface area contributed by atoms with Crippen molar-refractivity contribution < 1.29 is 17.6 Å². The third kappa shape index (κ3) is 6.25. The van der Waals surface area contributed by atoms with Crippen LogP contribution in [0.5, 0.6) is 0 Å². The van der Waals surface area contributed by atoms with Crippen molar-refractivity contribution in [2.75, 3.05) is 15.8 Å². The van der Waals surface area contributed by atoms with Gasteiger partial charge in [0.15, 0.2) is 0 Å². The molecule has 9 heteroatoms. The van der Waals surface area contributed by atoms with Crippen LogP contribution in [0.2, 0.25) is 5.02 Å². The average molecular weight is 493 g/mol. The molecule has 0 radical (unpaired) electrons. The van der Waals surface area contributed by atoms with Crippen molar-refractivity contribution in [3.8, 4) is 0 Å². The van der Waals surface area contributed by atoms with E-state index < -0.39 is 15.8 Å². The number of nitrogens with one attached hydrogen (secondary N) is 2. The van der Waals surface area contributed by atoms with Gasteiger partial charge in [-0.05, 0) is 73.5 Å². The van der Waals surface area contributed by atoms with Crippen molar-refractivity contribution in [3.63, 3.8) is 0 Å². The number of halogens is 2. The molecule has 0 aromatic heterocycles. The zero-order valence-corrected chi connectivity index (χ0v) is 19.9. The first-order valence-corrected chi connectivity index (χ1v) is 12.7. The zero-order chi connectivity index (χ0) is 23.3. The van der Waals surface area contributed by atoms with Crippen molar-refractivity contribution in [1.29, 1.82) is 0 Å². The Hall–Kier alpha value is -2.55. The maximum absolute atomic E-state index is 13.8. The van der Waals surface area contributed by atoms with Gasteiger partial charge in [0.1, 0.15) is 5.82 Å². The van der Waals surface area contributed by atoms with Crippen molar-refractivity contribution >= 4 is 50.7 Å². The molecular weight excluding hydrogens is 471 g/mol. The third-order valence-corrected chi connectivity index (χ3v) is 7.46. The van der Waals surface area contributed by atoms with E-state index >= 15 is 0 Å². The van der Waals surface area contributed by atoms with Gasteiger partial charge in [-0.1, -0.05) is 23.7 Å². The summed E-state index contributed by atoms with van der Waals surface area (Å²) >= 11 is 7.21. The Morgan fingerprint density at radius 3 is 2.34 bits per heavy atom. The van der Waals surface area contributed by atoms with E-state index in [1.165, 1.54) is 48.2 Å². The SMILES string of the molecule is Cc1ccc(NS(=O)(=O)c2ccc(NC(=O)CSCc3c(F)cccc3Cl)cc2)cc1C. The molecule has 0 atom stereocenters. The number of benzene rings is 3. The Kier molecular flexibility index (Phi) is 7.82. The van der Waals surface area contributed by atoms with E-state index in [1.807, 2.05) is 19.9 Å². The van der Waals surface area contributed by atoms with Crippen molar-refractivity contribution in [1.82, 2.24) is 0 Å². The van der Waals surface area contributed by atoms with Crippen LogP contribution in [0, 0.1) is 19.7 Å². The molecule has 32 heavy (non-hydrogen) atoms. The highest BCUT2D eigenvalue weighted by Crippen LogP contribution is 2.24. The lowest BCUT2D eigenvalue weighted by atomic mass is 10.1. The molecule has 1 amide bonds. The number of aryl methyl sites for hydroxylation is 2. The summed E-state index contributed by atoms with van der Waals surface area (Å²) in [4.78, 5) is 12.2. The van der Waals surface area contributed by atoms with Crippen LogP contribution in [-0.2, 0) is 20.6 Å². The Balaban J connectivity index is 1.56. The monoisotopic (exact) mass is 492 g/mol. The van der Waals surface area contributed by atoms with Crippen molar-refractivity contribution in [2.45, 2.75) is 24.5 Å². The number of rotatable bonds is 8. The van der Waals surface area contributed by atoms with Crippen LogP contribution in [0.15, 0.2) is 65.6 Å². The molecule has 0 aliphatic rings. The zero-order valence-electron chi connectivity index (χ0n) is 17.5. The van der Waals surface area contributed by atoms with Gasteiger partial charge in [-0.3, -0.25) is 9.52 Å². The lowest BCUT2D eigenvalue weighted by molar-refractivity contribution is -0.113. The number of sulfonamides is 1. The second-order valence-electron chi connectivity index (χ2n) is 7.17. The number of thioether (sulfide) groups is 1. The first-order valence-electron chi connectivity index (χ1n) is 9.66. The van der Waals surface area contributed by atoms with Gasteiger partial charge in [-0.15, -0.1) is 11.8 Å². The molecule has 2 N–H and O–H groups in total. The maximum atomic E-state index is 13.8. The predicted molar refractivity (Wildman–Crippen MR) is 129 cm³/mol. The molecule has 0 aliphatic heterocycles. The van der Waals surface area contributed by atoms with Crippen LogP contribution >= 0.6 is 23.4 Å². The number of amides is 1. The molecule has 0 heterocycles. The summed E-state index contributed by atoms with van der Waals surface area (Å²) in [5, 5.41) is 3.02. The highest BCUT2D eigenvalue weighted by Gasteiger charge is 2.15. The molecule has 3 aromatic rings. The van der Waals surface area contributed by atoms with Gasteiger partial charge in [-0.2, -0.15) is 0 Å². The molecule has 0 spiro atoms. The van der Waals surface area contributed by atoms with Crippen LogP contribution in [-0.4, -0.2) is 20.1 Å². The Bertz CT molecular complexity index is 1210. The fraction of sp³-hybridized carbons (Fsp3) is 0.174. The molecule has 0 unspecified atom stereocenters. The minimum Gasteiger partial charge on any atom is -0.325 e. The van der Waals surface area contributed by atoms with Crippen molar-refractivity contribution in [3.05, 3.63) is 88.2 Å². The minimum absolute atomic E-state index is 0.0808. The first-order chi connectivity index (χ1) is 15.2. The smallest absolute Gasteiger partial charge is 0.261 e. The molecular formula is C23H22ClFN2O3S2. The molecule has 5 nitrogen and oxygen atoms in total. The molecule has 0 saturated heterocycles. The lowest BCUT2D eigenvalue weighted by Crippen LogP contribution is -2.15. The fourth-order valence-corrected chi connectivity index (χ4v) is 5.07. The van der Waals surface area contributed by atoms with Gasteiger partial charge >= 0.3 is 0 Å². The molecule has 0 aliphatic carbocycles. The van der Waals surface area contributed by atoms with Gasteiger partial charge in [-0.25, -0.2) is 12.8 Å². The van der Waals surface area contributed by atoms with Gasteiger partial charge in [0.05, 0.1) is 10.6 Å². The van der Waals surface area contributed by atoms with E-state index in [4.69, 9.17) is 11.6 Å². The number of carbonyl (C=O) groups is 1. The average Bonchev–Trinajstić information content (AvgIpc) is 2.73. The second-order valence-corrected chi connectivity index (χ2v) is 10.2. The fourth-order valence-electron chi connectivity index (χ4n) is 2.85. The van der Waals surface area contributed by atoms with Gasteiger partial charge < -0.3 is 5.32 Å². The van der Waals surface area contributed by atoms with Crippen LogP contribution in [0.3, 0.4) is 0 Å². The summed E-state index contributed by atoms with van der Waals surface area (Å²) < 4.78 is 41.6. The quantitative estimate of drug-likeness (QED) is 0.418. The van der Waals surface area contributed by atoms with E-state index in [2.05, 4.69) is 10.0 Å². The van der Waals surface area contributed by atoms with Gasteiger partial charge in [0.2, 0.25) is 5.91 Å². The number of hydrogen-bond acceptors (Lipinski definition) is 4. The summed E-state index contributed by atoms with van der Waals surface area (Å²) in [5.74, 6) is -0.331. The highest BCUT2D eigenvalue weighted by molar-refractivity contribution is 7.99. The topological polar surface area (TPSA) is 75.3 Å². The van der Waals surface area contributed by atoms with E-state index in [9.17, 15) is 17.6 Å². The van der Waals surface area contributed by atoms with E-state index in [-0.39, 0.29) is 22.3 Å². The minimum atomic E-state index is -3.76. The van der Waals surface area contributed by atoms with Crippen LogP contribution in [0.1, 0.15) is 16.7 Å². The first kappa shape index (κ1) is 24.1.